The van der Waals surface area contributed by atoms with E-state index in [0.29, 0.717) is 11.9 Å². The molecule has 0 aliphatic heterocycles. The Kier molecular flexibility index (Phi) is 3.27. The second-order valence-corrected chi connectivity index (χ2v) is 5.21. The molecule has 0 bridgehead atoms. The Hall–Kier alpha value is -3.55. The highest BCUT2D eigenvalue weighted by atomic mass is 16.6. The zero-order valence-electron chi connectivity index (χ0n) is 12.5. The number of hydrogen-bond acceptors (Lipinski definition) is 6. The molecule has 0 aliphatic rings. The molecule has 4 aromatic rings. The number of fused-ring (bicyclic) bond motifs is 2. The number of nitro benzene ring substituents is 1. The van der Waals surface area contributed by atoms with Crippen molar-refractivity contribution in [1.29, 1.82) is 0 Å². The van der Waals surface area contributed by atoms with Crippen LogP contribution in [0.25, 0.3) is 16.4 Å². The maximum atomic E-state index is 11.2. The molecule has 3 aromatic heterocycles. The molecule has 0 fully saturated rings. The minimum atomic E-state index is -0.403. The number of hydrogen-bond donors (Lipinski definition) is 1. The summed E-state index contributed by atoms with van der Waals surface area (Å²) in [4.78, 5) is 14.7. The molecule has 24 heavy (non-hydrogen) atoms. The number of nitrogens with one attached hydrogen (secondary N) is 1. The molecule has 0 spiro atoms. The van der Waals surface area contributed by atoms with Gasteiger partial charge in [0.25, 0.3) is 5.69 Å². The van der Waals surface area contributed by atoms with Crippen molar-refractivity contribution in [2.75, 3.05) is 5.32 Å². The summed E-state index contributed by atoms with van der Waals surface area (Å²) in [6, 6.07) is 10.6. The molecule has 0 unspecified atom stereocenters. The summed E-state index contributed by atoms with van der Waals surface area (Å²) in [5, 5.41) is 23.9. The van der Waals surface area contributed by atoms with Gasteiger partial charge in [0.15, 0.2) is 11.5 Å². The largest absolute Gasteiger partial charge is 0.377 e. The molecule has 0 saturated heterocycles. The topological polar surface area (TPSA) is 98.2 Å². The summed E-state index contributed by atoms with van der Waals surface area (Å²) in [6.07, 6.45) is 5.01. The molecule has 1 aromatic carbocycles. The van der Waals surface area contributed by atoms with Gasteiger partial charge in [0, 0.05) is 35.7 Å². The minimum Gasteiger partial charge on any atom is -0.377 e. The van der Waals surface area contributed by atoms with E-state index in [9.17, 15) is 10.1 Å². The Morgan fingerprint density at radius 3 is 2.92 bits per heavy atom. The van der Waals surface area contributed by atoms with Gasteiger partial charge in [-0.1, -0.05) is 6.07 Å². The van der Waals surface area contributed by atoms with Crippen molar-refractivity contribution < 1.29 is 4.92 Å². The lowest BCUT2D eigenvalue weighted by Gasteiger charge is -2.09. The van der Waals surface area contributed by atoms with Gasteiger partial charge in [-0.25, -0.2) is 0 Å². The summed E-state index contributed by atoms with van der Waals surface area (Å²) in [5.74, 6) is 0.756. The highest BCUT2D eigenvalue weighted by Gasteiger charge is 2.14. The van der Waals surface area contributed by atoms with Crippen LogP contribution in [0.4, 0.5) is 11.4 Å². The average Bonchev–Trinajstić information content (AvgIpc) is 3.02. The zero-order valence-corrected chi connectivity index (χ0v) is 12.5. The van der Waals surface area contributed by atoms with Gasteiger partial charge >= 0.3 is 0 Å². The smallest absolute Gasteiger partial charge is 0.278 e. The molecule has 1 N–H and O–H groups in total. The maximum absolute atomic E-state index is 11.2. The Labute approximate surface area is 135 Å². The monoisotopic (exact) mass is 320 g/mol. The number of nitrogens with zero attached hydrogens (tertiary/aromatic N) is 5. The van der Waals surface area contributed by atoms with E-state index in [1.54, 1.807) is 18.3 Å². The SMILES string of the molecule is O=[N+]([O-])c1ccc(NCc2nnc3ccccn23)c2ccncc12. The molecule has 0 atom stereocenters. The maximum Gasteiger partial charge on any atom is 0.278 e. The van der Waals surface area contributed by atoms with Crippen molar-refractivity contribution in [2.45, 2.75) is 6.54 Å². The predicted octanol–water partition coefficient (Wildman–Crippen LogP) is 2.80. The molecule has 118 valence electrons. The van der Waals surface area contributed by atoms with Crippen molar-refractivity contribution in [3.63, 3.8) is 0 Å². The van der Waals surface area contributed by atoms with Crippen LogP contribution in [0.1, 0.15) is 5.82 Å². The Bertz CT molecular complexity index is 1060. The summed E-state index contributed by atoms with van der Waals surface area (Å²) in [6.45, 7) is 0.445. The number of non-ortho nitro benzene ring substituents is 1. The first kappa shape index (κ1) is 14.1. The van der Waals surface area contributed by atoms with Crippen LogP contribution < -0.4 is 5.32 Å². The van der Waals surface area contributed by atoms with Gasteiger partial charge in [-0.3, -0.25) is 19.5 Å². The highest BCUT2D eigenvalue weighted by Crippen LogP contribution is 2.30. The fourth-order valence-electron chi connectivity index (χ4n) is 2.67. The molecule has 0 amide bonds. The van der Waals surface area contributed by atoms with Crippen LogP contribution in [0.15, 0.2) is 55.0 Å². The number of pyridine rings is 2. The summed E-state index contributed by atoms with van der Waals surface area (Å²) < 4.78 is 1.89. The molecule has 8 nitrogen and oxygen atoms in total. The molecule has 8 heteroatoms. The normalized spacial score (nSPS) is 11.0. The van der Waals surface area contributed by atoms with E-state index in [-0.39, 0.29) is 5.69 Å². The van der Waals surface area contributed by atoms with Gasteiger partial charge in [-0.05, 0) is 24.3 Å². The molecule has 3 heterocycles. The minimum absolute atomic E-state index is 0.0385. The van der Waals surface area contributed by atoms with Crippen LogP contribution in [0.3, 0.4) is 0 Å². The summed E-state index contributed by atoms with van der Waals surface area (Å²) in [7, 11) is 0. The molecule has 0 aliphatic carbocycles. The van der Waals surface area contributed by atoms with Gasteiger partial charge in [0.2, 0.25) is 0 Å². The van der Waals surface area contributed by atoms with E-state index in [4.69, 9.17) is 0 Å². The Morgan fingerprint density at radius 1 is 1.12 bits per heavy atom. The van der Waals surface area contributed by atoms with Crippen LogP contribution in [0.5, 0.6) is 0 Å². The number of anilines is 1. The lowest BCUT2D eigenvalue weighted by molar-refractivity contribution is -0.383. The van der Waals surface area contributed by atoms with Crippen LogP contribution in [0, 0.1) is 10.1 Å². The molecular weight excluding hydrogens is 308 g/mol. The predicted molar refractivity (Wildman–Crippen MR) is 88.7 cm³/mol. The highest BCUT2D eigenvalue weighted by molar-refractivity contribution is 5.99. The quantitative estimate of drug-likeness (QED) is 0.458. The number of rotatable bonds is 4. The number of benzene rings is 1. The van der Waals surface area contributed by atoms with E-state index >= 15 is 0 Å². The zero-order chi connectivity index (χ0) is 16.5. The van der Waals surface area contributed by atoms with Crippen molar-refractivity contribution in [1.82, 2.24) is 19.6 Å². The number of nitro groups is 1. The van der Waals surface area contributed by atoms with Crippen LogP contribution in [0.2, 0.25) is 0 Å². The fourth-order valence-corrected chi connectivity index (χ4v) is 2.67. The first-order valence-electron chi connectivity index (χ1n) is 7.27. The van der Waals surface area contributed by atoms with Crippen molar-refractivity contribution >= 4 is 27.8 Å². The third-order valence-electron chi connectivity index (χ3n) is 3.81. The lowest BCUT2D eigenvalue weighted by Crippen LogP contribution is -2.05. The van der Waals surface area contributed by atoms with Gasteiger partial charge < -0.3 is 5.32 Å². The fraction of sp³-hybridized carbons (Fsp3) is 0.0625. The first-order valence-corrected chi connectivity index (χ1v) is 7.27. The van der Waals surface area contributed by atoms with Crippen molar-refractivity contribution in [3.8, 4) is 0 Å². The Balaban J connectivity index is 1.70. The van der Waals surface area contributed by atoms with Crippen molar-refractivity contribution in [2.24, 2.45) is 0 Å². The third kappa shape index (κ3) is 2.30. The van der Waals surface area contributed by atoms with Crippen LogP contribution in [-0.4, -0.2) is 24.5 Å². The second-order valence-electron chi connectivity index (χ2n) is 5.21. The van der Waals surface area contributed by atoms with Gasteiger partial charge in [-0.15, -0.1) is 10.2 Å². The molecule has 4 rings (SSSR count). The number of aromatic nitrogens is 4. The molecule has 0 radical (unpaired) electrons. The van der Waals surface area contributed by atoms with Crippen LogP contribution in [-0.2, 0) is 6.54 Å². The summed E-state index contributed by atoms with van der Waals surface area (Å²) >= 11 is 0. The third-order valence-corrected chi connectivity index (χ3v) is 3.81. The van der Waals surface area contributed by atoms with E-state index in [0.717, 1.165) is 22.5 Å². The standard InChI is InChI=1S/C16H12N6O2/c23-22(24)14-5-4-13(11-6-7-17-9-12(11)14)18-10-16-20-19-15-3-1-2-8-21(15)16/h1-9,18H,10H2. The van der Waals surface area contributed by atoms with E-state index in [2.05, 4.69) is 20.5 Å². The molecular formula is C16H12N6O2. The van der Waals surface area contributed by atoms with E-state index in [1.165, 1.54) is 12.3 Å². The summed E-state index contributed by atoms with van der Waals surface area (Å²) in [5.41, 5.74) is 1.59. The second kappa shape index (κ2) is 5.58. The lowest BCUT2D eigenvalue weighted by atomic mass is 10.1. The van der Waals surface area contributed by atoms with Gasteiger partial charge in [0.05, 0.1) is 16.9 Å². The van der Waals surface area contributed by atoms with Crippen LogP contribution >= 0.6 is 0 Å². The van der Waals surface area contributed by atoms with E-state index in [1.807, 2.05) is 28.8 Å². The Morgan fingerprint density at radius 2 is 2.04 bits per heavy atom. The van der Waals surface area contributed by atoms with Gasteiger partial charge in [-0.2, -0.15) is 0 Å². The van der Waals surface area contributed by atoms with Gasteiger partial charge in [0.1, 0.15) is 0 Å². The average molecular weight is 320 g/mol. The first-order chi connectivity index (χ1) is 11.7. The molecule has 0 saturated carbocycles. The van der Waals surface area contributed by atoms with E-state index < -0.39 is 4.92 Å². The van der Waals surface area contributed by atoms with Crippen molar-refractivity contribution in [3.05, 3.63) is 70.9 Å².